The van der Waals surface area contributed by atoms with Gasteiger partial charge in [-0.1, -0.05) is 6.07 Å². The van der Waals surface area contributed by atoms with Crippen molar-refractivity contribution >= 4 is 87.7 Å². The van der Waals surface area contributed by atoms with Gasteiger partial charge in [0, 0.05) is 6.54 Å². The number of hydrogen-bond donors (Lipinski definition) is 7. The minimum absolute atomic E-state index is 0.0535. The third-order valence-electron chi connectivity index (χ3n) is 5.93. The number of phenols is 1. The Labute approximate surface area is 266 Å². The average Bonchev–Trinajstić information content (AvgIpc) is 2.89. The van der Waals surface area contributed by atoms with Crippen molar-refractivity contribution < 1.29 is 48.2 Å². The molecule has 0 amide bonds. The average molecular weight is 719 g/mol. The van der Waals surface area contributed by atoms with Crippen LogP contribution in [0.3, 0.4) is 0 Å². The molecular weight excluding hydrogens is 696 g/mol. The number of rotatable bonds is 11. The molecule has 1 heterocycles. The van der Waals surface area contributed by atoms with Gasteiger partial charge in [-0.15, -0.1) is 10.2 Å². The minimum Gasteiger partial charge on any atom is -0.507 e. The number of nitrogen functional groups attached to an aromatic ring is 1. The molecule has 0 aliphatic rings. The molecule has 3 aromatic carbocycles. The first-order valence-corrected chi connectivity index (χ1v) is 17.0. The van der Waals surface area contributed by atoms with Gasteiger partial charge < -0.3 is 21.5 Å². The lowest BCUT2D eigenvalue weighted by molar-refractivity contribution is 0.278. The molecule has 0 fully saturated rings. The molecule has 0 aliphatic heterocycles. The Morgan fingerprint density at radius 2 is 1.54 bits per heavy atom. The molecular formula is C23H23ClN8O11S3. The zero-order valence-corrected chi connectivity index (χ0v) is 26.6. The predicted octanol–water partition coefficient (Wildman–Crippen LogP) is 3.47. The number of hydrogen-bond acceptors (Lipinski definition) is 16. The van der Waals surface area contributed by atoms with Gasteiger partial charge in [0.15, 0.2) is 0 Å². The quantitative estimate of drug-likeness (QED) is 0.0505. The molecule has 0 saturated carbocycles. The molecule has 4 rings (SSSR count). The molecule has 1 aromatic heterocycles. The van der Waals surface area contributed by atoms with Crippen LogP contribution in [-0.4, -0.2) is 72.1 Å². The highest BCUT2D eigenvalue weighted by Crippen LogP contribution is 2.42. The van der Waals surface area contributed by atoms with Crippen molar-refractivity contribution in [3.05, 3.63) is 46.7 Å². The Morgan fingerprint density at radius 3 is 2.17 bits per heavy atom. The maximum atomic E-state index is 12.4. The van der Waals surface area contributed by atoms with Gasteiger partial charge in [0.1, 0.15) is 26.9 Å². The van der Waals surface area contributed by atoms with Crippen molar-refractivity contribution in [2.24, 2.45) is 10.2 Å². The molecule has 0 spiro atoms. The van der Waals surface area contributed by atoms with E-state index in [9.17, 15) is 39.5 Å². The summed E-state index contributed by atoms with van der Waals surface area (Å²) in [7, 11) is -15.0. The summed E-state index contributed by atoms with van der Waals surface area (Å²) < 4.78 is 104. The van der Waals surface area contributed by atoms with E-state index in [0.717, 1.165) is 0 Å². The van der Waals surface area contributed by atoms with Crippen LogP contribution in [-0.2, 0) is 34.8 Å². The summed E-state index contributed by atoms with van der Waals surface area (Å²) in [6.45, 7) is 2.55. The van der Waals surface area contributed by atoms with Crippen LogP contribution in [0.4, 0.5) is 34.6 Å². The Hall–Kier alpha value is -4.29. The highest BCUT2D eigenvalue weighted by molar-refractivity contribution is 7.86. The Bertz CT molecular complexity index is 2230. The van der Waals surface area contributed by atoms with Crippen LogP contribution in [0.15, 0.2) is 50.4 Å². The number of nitrogens with two attached hydrogens (primary N) is 1. The van der Waals surface area contributed by atoms with Crippen LogP contribution in [0, 0.1) is 13.8 Å². The molecule has 0 atom stereocenters. The number of nitrogens with one attached hydrogen (secondary N) is 2. The summed E-state index contributed by atoms with van der Waals surface area (Å²) in [6, 6.07) is 6.01. The van der Waals surface area contributed by atoms with Gasteiger partial charge in [0.25, 0.3) is 20.2 Å². The third-order valence-corrected chi connectivity index (χ3v) is 8.34. The Kier molecular flexibility index (Phi) is 9.65. The van der Waals surface area contributed by atoms with Gasteiger partial charge in [0.05, 0.1) is 23.4 Å². The summed E-state index contributed by atoms with van der Waals surface area (Å²) in [5, 5.41) is 23.4. The Morgan fingerprint density at radius 1 is 0.891 bits per heavy atom. The summed E-state index contributed by atoms with van der Waals surface area (Å²) in [4.78, 5) is 9.36. The van der Waals surface area contributed by atoms with E-state index >= 15 is 0 Å². The first-order chi connectivity index (χ1) is 21.2. The van der Waals surface area contributed by atoms with Crippen molar-refractivity contribution in [2.45, 2.75) is 23.6 Å². The van der Waals surface area contributed by atoms with Crippen LogP contribution in [0.25, 0.3) is 10.8 Å². The number of benzene rings is 3. The predicted molar refractivity (Wildman–Crippen MR) is 164 cm³/mol. The van der Waals surface area contributed by atoms with Crippen molar-refractivity contribution in [1.82, 2.24) is 15.0 Å². The second-order valence-corrected chi connectivity index (χ2v) is 13.6. The van der Waals surface area contributed by atoms with E-state index in [1.54, 1.807) is 26.0 Å². The highest BCUT2D eigenvalue weighted by atomic mass is 35.5. The number of aromatic hydroxyl groups is 1. The van der Waals surface area contributed by atoms with Crippen molar-refractivity contribution in [1.29, 1.82) is 0 Å². The largest absolute Gasteiger partial charge is 0.507 e. The van der Waals surface area contributed by atoms with Crippen LogP contribution in [0.2, 0.25) is 5.28 Å². The van der Waals surface area contributed by atoms with E-state index in [2.05, 4.69) is 40.0 Å². The van der Waals surface area contributed by atoms with E-state index < -0.39 is 69.6 Å². The number of halogens is 1. The van der Waals surface area contributed by atoms with E-state index in [0.29, 0.717) is 28.6 Å². The minimum atomic E-state index is -5.16. The molecule has 4 aromatic rings. The SMILES string of the molecule is Cc1cc(O)c2c(N=Nc3cc(S(=O)(=O)O)c(Nc4nc(Cl)nc(NCCOS(=O)(=O)O)n4)cc3S(=O)(=O)O)c(N)c(C)cc2c1. The zero-order chi connectivity index (χ0) is 34.2. The number of nitrogens with zero attached hydrogens (tertiary/aromatic N) is 5. The van der Waals surface area contributed by atoms with Crippen LogP contribution in [0.1, 0.15) is 11.1 Å². The maximum absolute atomic E-state index is 12.4. The standard InChI is InChI=1S/C23H23ClN8O11S3/c1-10-5-12-7-11(2)19(25)20(18(12)15(33)6-10)32-31-14-9-16(44(34,35)36)13(8-17(14)45(37,38)39)27-23-29-21(24)28-22(30-23)26-3-4-43-46(40,41)42/h5-9,33H,3-4,25H2,1-2H3,(H,34,35,36)(H,37,38,39)(H,40,41,42)(H2,26,27,28,29,30). The molecule has 0 aliphatic carbocycles. The fourth-order valence-corrected chi connectivity index (χ4v) is 5.80. The van der Waals surface area contributed by atoms with Gasteiger partial charge in [0.2, 0.25) is 17.2 Å². The number of phenolic OH excluding ortho intramolecular Hbond substituents is 1. The fourth-order valence-electron chi connectivity index (χ4n) is 4.07. The van der Waals surface area contributed by atoms with Gasteiger partial charge in [-0.25, -0.2) is 4.18 Å². The molecule has 0 unspecified atom stereocenters. The van der Waals surface area contributed by atoms with Crippen molar-refractivity contribution in [2.75, 3.05) is 29.5 Å². The Balaban J connectivity index is 1.82. The fraction of sp³-hybridized carbons (Fsp3) is 0.174. The second kappa shape index (κ2) is 12.8. The third kappa shape index (κ3) is 8.29. The summed E-state index contributed by atoms with van der Waals surface area (Å²) >= 11 is 5.88. The zero-order valence-electron chi connectivity index (χ0n) is 23.4. The summed E-state index contributed by atoms with van der Waals surface area (Å²) in [5.74, 6) is -1.04. The van der Waals surface area contributed by atoms with E-state index in [1.807, 2.05) is 0 Å². The first kappa shape index (κ1) is 34.6. The first-order valence-electron chi connectivity index (χ1n) is 12.3. The van der Waals surface area contributed by atoms with Crippen molar-refractivity contribution in [3.8, 4) is 5.75 Å². The number of anilines is 4. The van der Waals surface area contributed by atoms with Crippen LogP contribution >= 0.6 is 11.6 Å². The molecule has 23 heteroatoms. The van der Waals surface area contributed by atoms with Crippen LogP contribution in [0.5, 0.6) is 5.75 Å². The molecule has 46 heavy (non-hydrogen) atoms. The number of azo groups is 1. The van der Waals surface area contributed by atoms with Crippen molar-refractivity contribution in [3.63, 3.8) is 0 Å². The lowest BCUT2D eigenvalue weighted by Gasteiger charge is -2.14. The number of aromatic nitrogens is 3. The van der Waals surface area contributed by atoms with Gasteiger partial charge in [-0.3, -0.25) is 13.7 Å². The molecule has 0 radical (unpaired) electrons. The molecule has 0 saturated heterocycles. The molecule has 0 bridgehead atoms. The topological polar surface area (TPSA) is 306 Å². The molecule has 19 nitrogen and oxygen atoms in total. The maximum Gasteiger partial charge on any atom is 0.397 e. The highest BCUT2D eigenvalue weighted by Gasteiger charge is 2.26. The summed E-state index contributed by atoms with van der Waals surface area (Å²) in [5.41, 5.74) is 5.94. The summed E-state index contributed by atoms with van der Waals surface area (Å²) in [6.07, 6.45) is 0. The molecule has 246 valence electrons. The number of fused-ring (bicyclic) bond motifs is 1. The molecule has 8 N–H and O–H groups in total. The normalized spacial score (nSPS) is 12.6. The van der Waals surface area contributed by atoms with Gasteiger partial charge in [-0.2, -0.15) is 40.2 Å². The van der Waals surface area contributed by atoms with E-state index in [4.69, 9.17) is 21.9 Å². The smallest absolute Gasteiger partial charge is 0.397 e. The monoisotopic (exact) mass is 718 g/mol. The van der Waals surface area contributed by atoms with Gasteiger partial charge >= 0.3 is 10.4 Å². The lowest BCUT2D eigenvalue weighted by Crippen LogP contribution is -2.15. The lowest BCUT2D eigenvalue weighted by atomic mass is 10.0. The van der Waals surface area contributed by atoms with Gasteiger partial charge in [-0.05, 0) is 66.2 Å². The van der Waals surface area contributed by atoms with E-state index in [1.165, 1.54) is 6.07 Å². The number of aryl methyl sites for hydroxylation is 2. The van der Waals surface area contributed by atoms with Crippen LogP contribution < -0.4 is 16.4 Å². The van der Waals surface area contributed by atoms with E-state index in [-0.39, 0.29) is 35.0 Å². The second-order valence-electron chi connectivity index (χ2n) is 9.36.